The van der Waals surface area contributed by atoms with Crippen LogP contribution < -0.4 is 10.6 Å². The van der Waals surface area contributed by atoms with Crippen molar-refractivity contribution in [2.24, 2.45) is 4.74 Å². The van der Waals surface area contributed by atoms with E-state index in [9.17, 15) is 4.79 Å². The Morgan fingerprint density at radius 2 is 1.23 bits per heavy atom. The zero-order chi connectivity index (χ0) is 18.4. The second-order valence-electron chi connectivity index (χ2n) is 6.01. The van der Waals surface area contributed by atoms with E-state index in [0.29, 0.717) is 0 Å². The SMILES string of the molecule is COC(=O)N=P(c1ccccc1)(c1ccccc1)[C@H](C)c1ccccc1. The van der Waals surface area contributed by atoms with Gasteiger partial charge in [-0.25, -0.2) is 4.79 Å². The lowest BCUT2D eigenvalue weighted by molar-refractivity contribution is 0.183. The third-order valence-electron chi connectivity index (χ3n) is 4.56. The molecule has 0 bridgehead atoms. The average molecular weight is 363 g/mol. The zero-order valence-corrected chi connectivity index (χ0v) is 15.8. The van der Waals surface area contributed by atoms with E-state index < -0.39 is 13.1 Å². The Balaban J connectivity index is 2.36. The van der Waals surface area contributed by atoms with Crippen molar-refractivity contribution in [1.29, 1.82) is 0 Å². The highest BCUT2D eigenvalue weighted by Crippen LogP contribution is 2.60. The second-order valence-corrected chi connectivity index (χ2v) is 9.39. The van der Waals surface area contributed by atoms with Gasteiger partial charge in [-0.2, -0.15) is 4.74 Å². The molecule has 0 heterocycles. The smallest absolute Gasteiger partial charge is 0.432 e. The predicted molar refractivity (Wildman–Crippen MR) is 109 cm³/mol. The largest absolute Gasteiger partial charge is 0.451 e. The van der Waals surface area contributed by atoms with Crippen LogP contribution in [0.15, 0.2) is 95.7 Å². The molecule has 3 aromatic carbocycles. The van der Waals surface area contributed by atoms with Crippen LogP contribution in [0.4, 0.5) is 4.79 Å². The van der Waals surface area contributed by atoms with Crippen molar-refractivity contribution in [2.45, 2.75) is 12.6 Å². The molecular formula is C22H22NO2P. The summed E-state index contributed by atoms with van der Waals surface area (Å²) >= 11 is 0. The Kier molecular flexibility index (Phi) is 5.70. The highest BCUT2D eigenvalue weighted by atomic mass is 31.2. The third-order valence-corrected chi connectivity index (χ3v) is 8.62. The Morgan fingerprint density at radius 3 is 1.65 bits per heavy atom. The number of benzene rings is 3. The van der Waals surface area contributed by atoms with E-state index in [1.165, 1.54) is 7.11 Å². The maximum Gasteiger partial charge on any atom is 0.432 e. The summed E-state index contributed by atoms with van der Waals surface area (Å²) in [5.74, 6) is 0. The molecule has 0 fully saturated rings. The maximum atomic E-state index is 12.3. The Morgan fingerprint density at radius 1 is 0.808 bits per heavy atom. The molecule has 0 aromatic heterocycles. The Labute approximate surface area is 154 Å². The minimum atomic E-state index is -2.44. The highest BCUT2D eigenvalue weighted by Gasteiger charge is 2.33. The summed E-state index contributed by atoms with van der Waals surface area (Å²) in [6, 6.07) is 30.4. The lowest BCUT2D eigenvalue weighted by Gasteiger charge is -2.31. The van der Waals surface area contributed by atoms with Gasteiger partial charge in [0.15, 0.2) is 0 Å². The van der Waals surface area contributed by atoms with Crippen molar-refractivity contribution < 1.29 is 9.53 Å². The minimum Gasteiger partial charge on any atom is -0.451 e. The molecule has 26 heavy (non-hydrogen) atoms. The molecule has 0 saturated carbocycles. The Bertz CT molecular complexity index is 865. The van der Waals surface area contributed by atoms with E-state index in [1.54, 1.807) is 0 Å². The number of amides is 1. The number of ether oxygens (including phenoxy) is 1. The second kappa shape index (κ2) is 8.16. The minimum absolute atomic E-state index is 0.0348. The van der Waals surface area contributed by atoms with Gasteiger partial charge in [-0.3, -0.25) is 0 Å². The molecule has 3 rings (SSSR count). The van der Waals surface area contributed by atoms with Crippen LogP contribution >= 0.6 is 7.05 Å². The monoisotopic (exact) mass is 363 g/mol. The summed E-state index contributed by atoms with van der Waals surface area (Å²) in [7, 11) is -1.06. The summed E-state index contributed by atoms with van der Waals surface area (Å²) in [6.45, 7) is 2.15. The van der Waals surface area contributed by atoms with Crippen molar-refractivity contribution in [3.63, 3.8) is 0 Å². The van der Waals surface area contributed by atoms with Crippen LogP contribution in [-0.4, -0.2) is 13.2 Å². The number of carbonyl (C=O) groups is 1. The van der Waals surface area contributed by atoms with E-state index in [0.717, 1.165) is 16.2 Å². The van der Waals surface area contributed by atoms with Crippen LogP contribution in [0.5, 0.6) is 0 Å². The molecule has 1 atom stereocenters. The van der Waals surface area contributed by atoms with Gasteiger partial charge >= 0.3 is 6.09 Å². The molecule has 0 spiro atoms. The highest BCUT2D eigenvalue weighted by molar-refractivity contribution is 7.81. The molecule has 0 N–H and O–H groups in total. The molecule has 3 aromatic rings. The van der Waals surface area contributed by atoms with Crippen LogP contribution in [0, 0.1) is 0 Å². The lowest BCUT2D eigenvalue weighted by Crippen LogP contribution is -2.21. The molecule has 132 valence electrons. The van der Waals surface area contributed by atoms with Crippen molar-refractivity contribution in [2.75, 3.05) is 7.11 Å². The van der Waals surface area contributed by atoms with Gasteiger partial charge < -0.3 is 4.74 Å². The third kappa shape index (κ3) is 3.49. The van der Waals surface area contributed by atoms with E-state index >= 15 is 0 Å². The van der Waals surface area contributed by atoms with Gasteiger partial charge in [0.1, 0.15) is 0 Å². The number of hydrogen-bond donors (Lipinski definition) is 0. The molecule has 0 radical (unpaired) electrons. The average Bonchev–Trinajstić information content (AvgIpc) is 2.73. The number of hydrogen-bond acceptors (Lipinski definition) is 2. The van der Waals surface area contributed by atoms with Gasteiger partial charge in [-0.1, -0.05) is 97.9 Å². The van der Waals surface area contributed by atoms with Crippen LogP contribution in [0.2, 0.25) is 0 Å². The fourth-order valence-electron chi connectivity index (χ4n) is 3.23. The zero-order valence-electron chi connectivity index (χ0n) is 14.9. The molecule has 0 saturated heterocycles. The van der Waals surface area contributed by atoms with Gasteiger partial charge in [0.2, 0.25) is 0 Å². The topological polar surface area (TPSA) is 38.7 Å². The summed E-state index contributed by atoms with van der Waals surface area (Å²) in [5.41, 5.74) is 1.19. The van der Waals surface area contributed by atoms with E-state index in [1.807, 2.05) is 54.6 Å². The summed E-state index contributed by atoms with van der Waals surface area (Å²) in [5, 5.41) is 2.13. The van der Waals surface area contributed by atoms with Gasteiger partial charge in [-0.15, -0.1) is 0 Å². The number of methoxy groups -OCH3 is 1. The molecule has 1 amide bonds. The fraction of sp³-hybridized carbons (Fsp3) is 0.136. The molecule has 3 nitrogen and oxygen atoms in total. The van der Waals surface area contributed by atoms with Gasteiger partial charge in [0, 0.05) is 12.7 Å². The van der Waals surface area contributed by atoms with Gasteiger partial charge in [0.05, 0.1) is 7.11 Å². The first-order chi connectivity index (χ1) is 12.7. The molecule has 0 aliphatic carbocycles. The van der Waals surface area contributed by atoms with Crippen molar-refractivity contribution in [1.82, 2.24) is 0 Å². The molecule has 0 unspecified atom stereocenters. The number of nitrogens with zero attached hydrogens (tertiary/aromatic N) is 1. The first-order valence-electron chi connectivity index (χ1n) is 8.54. The van der Waals surface area contributed by atoms with Crippen molar-refractivity contribution in [3.8, 4) is 0 Å². The summed E-state index contributed by atoms with van der Waals surface area (Å²) < 4.78 is 9.65. The number of rotatable bonds is 4. The normalized spacial score (nSPS) is 12.2. The van der Waals surface area contributed by atoms with E-state index in [2.05, 4.69) is 43.3 Å². The lowest BCUT2D eigenvalue weighted by atomic mass is 10.2. The van der Waals surface area contributed by atoms with Crippen LogP contribution in [0.1, 0.15) is 18.1 Å². The first-order valence-corrected chi connectivity index (χ1v) is 10.4. The molecule has 0 aliphatic heterocycles. The fourth-order valence-corrected chi connectivity index (χ4v) is 7.02. The summed E-state index contributed by atoms with van der Waals surface area (Å²) in [4.78, 5) is 12.3. The van der Waals surface area contributed by atoms with Gasteiger partial charge in [-0.05, 0) is 16.2 Å². The standard InChI is InChI=1S/C22H22NO2P/c1-18(19-12-6-3-7-13-19)26(23-22(24)25-2,20-14-8-4-9-15-20)21-16-10-5-11-17-21/h3-18H,1-2H3/t18-/m1/s1. The molecule has 0 aliphatic rings. The number of carbonyl (C=O) groups excluding carboxylic acids is 1. The first kappa shape index (κ1) is 18.2. The van der Waals surface area contributed by atoms with Crippen LogP contribution in [0.25, 0.3) is 0 Å². The van der Waals surface area contributed by atoms with Crippen LogP contribution in [-0.2, 0) is 4.74 Å². The van der Waals surface area contributed by atoms with Crippen molar-refractivity contribution in [3.05, 3.63) is 96.6 Å². The quantitative estimate of drug-likeness (QED) is 0.585. The van der Waals surface area contributed by atoms with E-state index in [-0.39, 0.29) is 5.66 Å². The van der Waals surface area contributed by atoms with Crippen molar-refractivity contribution >= 4 is 23.8 Å². The van der Waals surface area contributed by atoms with Crippen LogP contribution in [0.3, 0.4) is 0 Å². The predicted octanol–water partition coefficient (Wildman–Crippen LogP) is 5.37. The van der Waals surface area contributed by atoms with Gasteiger partial charge in [0.25, 0.3) is 0 Å². The maximum absolute atomic E-state index is 12.3. The molecular weight excluding hydrogens is 341 g/mol. The Hall–Kier alpha value is -2.64. The molecule has 4 heteroatoms. The van der Waals surface area contributed by atoms with E-state index in [4.69, 9.17) is 9.48 Å². The summed E-state index contributed by atoms with van der Waals surface area (Å²) in [6.07, 6.45) is -0.533.